The minimum atomic E-state index is 0.563. The van der Waals surface area contributed by atoms with Crippen molar-refractivity contribution in [1.29, 1.82) is 0 Å². The summed E-state index contributed by atoms with van der Waals surface area (Å²) in [6, 6.07) is 9.35. The molecule has 22 heavy (non-hydrogen) atoms. The van der Waals surface area contributed by atoms with E-state index in [-0.39, 0.29) is 0 Å². The minimum absolute atomic E-state index is 0.563. The highest BCUT2D eigenvalue weighted by atomic mass is 14.3. The van der Waals surface area contributed by atoms with Gasteiger partial charge in [-0.15, -0.1) is 0 Å². The molecule has 0 aliphatic heterocycles. The lowest BCUT2D eigenvalue weighted by Crippen LogP contribution is -2.08. The Balaban J connectivity index is 2.42. The second-order valence-electron chi connectivity index (χ2n) is 7.67. The van der Waals surface area contributed by atoms with Crippen LogP contribution in [0.15, 0.2) is 29.8 Å². The maximum absolute atomic E-state index is 2.49. The van der Waals surface area contributed by atoms with Gasteiger partial charge >= 0.3 is 0 Å². The first-order valence-electron chi connectivity index (χ1n) is 8.69. The maximum Gasteiger partial charge on any atom is -0.00548 e. The number of hydrogen-bond acceptors (Lipinski definition) is 0. The Hall–Kier alpha value is -1.56. The zero-order chi connectivity index (χ0) is 16.0. The van der Waals surface area contributed by atoms with Crippen LogP contribution in [-0.2, 0) is 6.42 Å². The highest BCUT2D eigenvalue weighted by Gasteiger charge is 2.21. The Morgan fingerprint density at radius 2 is 1.50 bits per heavy atom. The standard InChI is InChI=1S/C22H28/c1-13(2)17-10-16-8-7-9-18-19(14(3)4)12-20(15(5)6)21(11-17)22(16)18/h7-9,11-15H,10H2,1-6H3. The van der Waals surface area contributed by atoms with Crippen LogP contribution in [0, 0.1) is 5.92 Å². The van der Waals surface area contributed by atoms with Gasteiger partial charge in [-0.05, 0) is 57.2 Å². The van der Waals surface area contributed by atoms with E-state index in [9.17, 15) is 0 Å². The van der Waals surface area contributed by atoms with Gasteiger partial charge in [0.2, 0.25) is 0 Å². The van der Waals surface area contributed by atoms with Crippen LogP contribution < -0.4 is 0 Å². The van der Waals surface area contributed by atoms with Crippen molar-refractivity contribution < 1.29 is 0 Å². The summed E-state index contributed by atoms with van der Waals surface area (Å²) in [6.45, 7) is 13.9. The highest BCUT2D eigenvalue weighted by Crippen LogP contribution is 2.41. The molecule has 0 radical (unpaired) electrons. The molecule has 0 saturated carbocycles. The smallest absolute Gasteiger partial charge is 0.00548 e. The second-order valence-corrected chi connectivity index (χ2v) is 7.67. The van der Waals surface area contributed by atoms with Crippen molar-refractivity contribution in [3.63, 3.8) is 0 Å². The average molecular weight is 292 g/mol. The van der Waals surface area contributed by atoms with Crippen molar-refractivity contribution in [3.8, 4) is 0 Å². The SMILES string of the molecule is CC(C)C1=Cc2c(C(C)C)cc(C(C)C)c3cccc(c23)C1. The van der Waals surface area contributed by atoms with Gasteiger partial charge in [-0.3, -0.25) is 0 Å². The van der Waals surface area contributed by atoms with Gasteiger partial charge in [-0.25, -0.2) is 0 Å². The summed E-state index contributed by atoms with van der Waals surface area (Å²) in [7, 11) is 0. The first kappa shape index (κ1) is 15.3. The topological polar surface area (TPSA) is 0 Å². The van der Waals surface area contributed by atoms with E-state index in [1.807, 2.05) is 0 Å². The Bertz CT molecular complexity index is 742. The van der Waals surface area contributed by atoms with Gasteiger partial charge in [-0.1, -0.05) is 77.5 Å². The Morgan fingerprint density at radius 1 is 0.818 bits per heavy atom. The number of hydrogen-bond donors (Lipinski definition) is 0. The fourth-order valence-corrected chi connectivity index (χ4v) is 3.71. The van der Waals surface area contributed by atoms with Gasteiger partial charge in [0.25, 0.3) is 0 Å². The molecule has 2 aromatic carbocycles. The maximum atomic E-state index is 2.49. The molecule has 3 rings (SSSR count). The molecular formula is C22H28. The van der Waals surface area contributed by atoms with E-state index in [0.717, 1.165) is 6.42 Å². The lowest BCUT2D eigenvalue weighted by Gasteiger charge is -2.26. The van der Waals surface area contributed by atoms with Crippen molar-refractivity contribution in [1.82, 2.24) is 0 Å². The molecule has 0 heterocycles. The van der Waals surface area contributed by atoms with Crippen molar-refractivity contribution in [2.45, 2.75) is 59.8 Å². The van der Waals surface area contributed by atoms with E-state index in [1.54, 1.807) is 5.57 Å². The zero-order valence-corrected chi connectivity index (χ0v) is 14.8. The van der Waals surface area contributed by atoms with Crippen molar-refractivity contribution in [2.24, 2.45) is 5.92 Å². The zero-order valence-electron chi connectivity index (χ0n) is 14.8. The molecule has 0 spiro atoms. The molecule has 0 fully saturated rings. The molecule has 0 heteroatoms. The van der Waals surface area contributed by atoms with Crippen LogP contribution in [-0.4, -0.2) is 0 Å². The van der Waals surface area contributed by atoms with E-state index < -0.39 is 0 Å². The predicted octanol–water partition coefficient (Wildman–Crippen LogP) is 6.68. The van der Waals surface area contributed by atoms with Gasteiger partial charge in [-0.2, -0.15) is 0 Å². The first-order valence-corrected chi connectivity index (χ1v) is 8.69. The van der Waals surface area contributed by atoms with Crippen molar-refractivity contribution in [3.05, 3.63) is 52.1 Å². The van der Waals surface area contributed by atoms with Crippen LogP contribution in [0.25, 0.3) is 16.8 Å². The number of benzene rings is 2. The fraction of sp³-hybridized carbons (Fsp3) is 0.455. The summed E-state index contributed by atoms with van der Waals surface area (Å²) in [4.78, 5) is 0. The molecule has 1 aliphatic carbocycles. The predicted molar refractivity (Wildman–Crippen MR) is 98.6 cm³/mol. The Kier molecular flexibility index (Phi) is 3.89. The van der Waals surface area contributed by atoms with Crippen LogP contribution in [0.2, 0.25) is 0 Å². The molecule has 0 N–H and O–H groups in total. The summed E-state index contributed by atoms with van der Waals surface area (Å²) in [5.41, 5.74) is 7.59. The molecule has 0 unspecified atom stereocenters. The fourth-order valence-electron chi connectivity index (χ4n) is 3.71. The molecule has 0 bridgehead atoms. The van der Waals surface area contributed by atoms with E-state index in [2.05, 4.69) is 71.9 Å². The van der Waals surface area contributed by atoms with E-state index in [1.165, 1.54) is 33.0 Å². The highest BCUT2D eigenvalue weighted by molar-refractivity contribution is 5.99. The van der Waals surface area contributed by atoms with Gasteiger partial charge in [0.15, 0.2) is 0 Å². The summed E-state index contributed by atoms with van der Waals surface area (Å²) in [5, 5.41) is 2.98. The lowest BCUT2D eigenvalue weighted by atomic mass is 9.78. The van der Waals surface area contributed by atoms with Crippen LogP contribution >= 0.6 is 0 Å². The molecule has 0 atom stereocenters. The lowest BCUT2D eigenvalue weighted by molar-refractivity contribution is 0.745. The minimum Gasteiger partial charge on any atom is -0.0626 e. The molecule has 0 saturated heterocycles. The summed E-state index contributed by atoms with van der Waals surface area (Å²) in [5.74, 6) is 1.75. The van der Waals surface area contributed by atoms with E-state index in [4.69, 9.17) is 0 Å². The Labute approximate surface area is 135 Å². The normalized spacial score (nSPS) is 14.3. The van der Waals surface area contributed by atoms with Crippen molar-refractivity contribution in [2.75, 3.05) is 0 Å². The molecule has 0 amide bonds. The monoisotopic (exact) mass is 292 g/mol. The molecule has 1 aliphatic rings. The van der Waals surface area contributed by atoms with Gasteiger partial charge < -0.3 is 0 Å². The largest absolute Gasteiger partial charge is 0.0626 e. The van der Waals surface area contributed by atoms with E-state index >= 15 is 0 Å². The third-order valence-corrected chi connectivity index (χ3v) is 5.06. The van der Waals surface area contributed by atoms with E-state index in [0.29, 0.717) is 17.8 Å². The molecular weight excluding hydrogens is 264 g/mol. The molecule has 2 aromatic rings. The van der Waals surface area contributed by atoms with Gasteiger partial charge in [0.05, 0.1) is 0 Å². The third kappa shape index (κ3) is 2.39. The summed E-state index contributed by atoms with van der Waals surface area (Å²) < 4.78 is 0. The Morgan fingerprint density at radius 3 is 2.09 bits per heavy atom. The molecule has 116 valence electrons. The van der Waals surface area contributed by atoms with Crippen molar-refractivity contribution >= 4 is 16.8 Å². The average Bonchev–Trinajstić information content (AvgIpc) is 2.46. The number of allylic oxidation sites excluding steroid dienone is 1. The van der Waals surface area contributed by atoms with Crippen LogP contribution in [0.4, 0.5) is 0 Å². The summed E-state index contributed by atoms with van der Waals surface area (Å²) in [6.07, 6.45) is 3.60. The quantitative estimate of drug-likeness (QED) is 0.591. The first-order chi connectivity index (χ1) is 10.4. The number of rotatable bonds is 3. The van der Waals surface area contributed by atoms with Crippen LogP contribution in [0.3, 0.4) is 0 Å². The van der Waals surface area contributed by atoms with Gasteiger partial charge in [0, 0.05) is 0 Å². The second kappa shape index (κ2) is 5.57. The van der Waals surface area contributed by atoms with Crippen LogP contribution in [0.5, 0.6) is 0 Å². The third-order valence-electron chi connectivity index (χ3n) is 5.06. The summed E-state index contributed by atoms with van der Waals surface area (Å²) >= 11 is 0. The van der Waals surface area contributed by atoms with Gasteiger partial charge in [0.1, 0.15) is 0 Å². The molecule has 0 aromatic heterocycles. The van der Waals surface area contributed by atoms with Crippen LogP contribution in [0.1, 0.15) is 75.6 Å². The molecule has 0 nitrogen and oxygen atoms in total.